The van der Waals surface area contributed by atoms with Crippen LogP contribution in [-0.2, 0) is 11.0 Å². The summed E-state index contributed by atoms with van der Waals surface area (Å²) >= 11 is 0. The fraction of sp³-hybridized carbons (Fsp3) is 0.316. The van der Waals surface area contributed by atoms with E-state index < -0.39 is 47.8 Å². The highest BCUT2D eigenvalue weighted by Gasteiger charge is 2.33. The van der Waals surface area contributed by atoms with E-state index in [9.17, 15) is 31.1 Å². The summed E-state index contributed by atoms with van der Waals surface area (Å²) in [6.07, 6.45) is -9.07. The molecule has 3 nitrogen and oxygen atoms in total. The highest BCUT2D eigenvalue weighted by molar-refractivity contribution is 5.97. The van der Waals surface area contributed by atoms with Crippen LogP contribution in [0.4, 0.5) is 32.0 Å². The van der Waals surface area contributed by atoms with Crippen molar-refractivity contribution in [1.82, 2.24) is 0 Å². The van der Waals surface area contributed by atoms with Crippen LogP contribution in [0.15, 0.2) is 48.5 Å². The van der Waals surface area contributed by atoms with Gasteiger partial charge in [-0.1, -0.05) is 37.3 Å². The van der Waals surface area contributed by atoms with E-state index in [1.807, 2.05) is 0 Å². The first kappa shape index (κ1) is 21.6. The van der Waals surface area contributed by atoms with Gasteiger partial charge >= 0.3 is 12.4 Å². The highest BCUT2D eigenvalue weighted by atomic mass is 19.4. The van der Waals surface area contributed by atoms with E-state index in [-0.39, 0.29) is 0 Å². The van der Waals surface area contributed by atoms with Crippen LogP contribution in [0.2, 0.25) is 0 Å². The van der Waals surface area contributed by atoms with Crippen molar-refractivity contribution >= 4 is 11.6 Å². The number of carbonyl (C=O) groups excluding carboxylic acids is 1. The first-order valence-electron chi connectivity index (χ1n) is 8.28. The molecule has 0 radical (unpaired) electrons. The summed E-state index contributed by atoms with van der Waals surface area (Å²) in [4.78, 5) is 12.6. The van der Waals surface area contributed by atoms with Gasteiger partial charge in [0.25, 0.3) is 0 Å². The zero-order chi connectivity index (χ0) is 20.9. The average Bonchev–Trinajstić information content (AvgIpc) is 2.60. The molecule has 0 bridgehead atoms. The second kappa shape index (κ2) is 8.53. The van der Waals surface area contributed by atoms with Crippen LogP contribution in [-0.4, -0.2) is 18.7 Å². The Bertz CT molecular complexity index is 802. The lowest BCUT2D eigenvalue weighted by Crippen LogP contribution is -2.23. The van der Waals surface area contributed by atoms with Crippen LogP contribution < -0.4 is 10.1 Å². The maximum atomic E-state index is 13.0. The van der Waals surface area contributed by atoms with Gasteiger partial charge in [-0.05, 0) is 30.2 Å². The fourth-order valence-corrected chi connectivity index (χ4v) is 2.57. The van der Waals surface area contributed by atoms with E-state index in [0.29, 0.717) is 24.1 Å². The Morgan fingerprint density at radius 1 is 1.04 bits per heavy atom. The van der Waals surface area contributed by atoms with Crippen molar-refractivity contribution in [3.05, 3.63) is 59.7 Å². The van der Waals surface area contributed by atoms with Gasteiger partial charge in [0.15, 0.2) is 6.61 Å². The lowest BCUT2D eigenvalue weighted by molar-refractivity contribution is -0.153. The Kier molecular flexibility index (Phi) is 6.58. The molecule has 0 aliphatic heterocycles. The minimum absolute atomic E-state index is 0.341. The molecular formula is C19H17F6NO2. The minimum Gasteiger partial charge on any atom is -0.482 e. The lowest BCUT2D eigenvalue weighted by Gasteiger charge is -2.19. The van der Waals surface area contributed by atoms with Gasteiger partial charge in [-0.2, -0.15) is 26.3 Å². The molecule has 0 fully saturated rings. The molecule has 2 aromatic rings. The standard InChI is InChI=1S/C19H17F6NO2/c1-2-14(12-6-4-3-5-7-12)17(27)26-15-10-13(19(23,24)25)8-9-16(15)28-11-18(20,21)22/h3-10,14H,2,11H2,1H3,(H,26,27)/t14-/m1/s1. The van der Waals surface area contributed by atoms with Crippen molar-refractivity contribution in [2.24, 2.45) is 0 Å². The van der Waals surface area contributed by atoms with Gasteiger partial charge in [0.05, 0.1) is 17.2 Å². The molecule has 152 valence electrons. The summed E-state index contributed by atoms with van der Waals surface area (Å²) in [5, 5.41) is 2.28. The van der Waals surface area contributed by atoms with Gasteiger partial charge in [-0.25, -0.2) is 0 Å². The van der Waals surface area contributed by atoms with E-state index in [4.69, 9.17) is 0 Å². The van der Waals surface area contributed by atoms with Gasteiger partial charge in [-0.3, -0.25) is 4.79 Å². The van der Waals surface area contributed by atoms with E-state index in [1.165, 1.54) is 0 Å². The van der Waals surface area contributed by atoms with Crippen molar-refractivity contribution in [2.75, 3.05) is 11.9 Å². The molecule has 0 aromatic heterocycles. The number of alkyl halides is 6. The summed E-state index contributed by atoms with van der Waals surface area (Å²) in [5.41, 5.74) is -0.958. The third-order valence-electron chi connectivity index (χ3n) is 3.88. The Morgan fingerprint density at radius 3 is 2.21 bits per heavy atom. The molecule has 0 saturated heterocycles. The number of nitrogens with one attached hydrogen (secondary N) is 1. The maximum absolute atomic E-state index is 13.0. The first-order valence-corrected chi connectivity index (χ1v) is 8.28. The largest absolute Gasteiger partial charge is 0.482 e. The Morgan fingerprint density at radius 2 is 1.68 bits per heavy atom. The molecule has 0 aliphatic rings. The molecule has 0 unspecified atom stereocenters. The number of ether oxygens (including phenoxy) is 1. The smallest absolute Gasteiger partial charge is 0.422 e. The third-order valence-corrected chi connectivity index (χ3v) is 3.88. The van der Waals surface area contributed by atoms with Crippen LogP contribution in [0.1, 0.15) is 30.4 Å². The number of hydrogen-bond acceptors (Lipinski definition) is 2. The maximum Gasteiger partial charge on any atom is 0.422 e. The van der Waals surface area contributed by atoms with E-state index in [1.54, 1.807) is 37.3 Å². The van der Waals surface area contributed by atoms with Gasteiger partial charge < -0.3 is 10.1 Å². The normalized spacial score (nSPS) is 13.1. The Labute approximate surface area is 157 Å². The molecule has 0 saturated carbocycles. The molecule has 28 heavy (non-hydrogen) atoms. The van der Waals surface area contributed by atoms with Crippen LogP contribution in [0.25, 0.3) is 0 Å². The summed E-state index contributed by atoms with van der Waals surface area (Å²) in [5.74, 6) is -1.84. The quantitative estimate of drug-likeness (QED) is 0.619. The first-order chi connectivity index (χ1) is 13.0. The molecule has 1 amide bonds. The van der Waals surface area contributed by atoms with Crippen LogP contribution in [0.3, 0.4) is 0 Å². The number of carbonyl (C=O) groups is 1. The molecule has 1 N–H and O–H groups in total. The van der Waals surface area contributed by atoms with E-state index in [0.717, 1.165) is 6.07 Å². The third kappa shape index (κ3) is 5.90. The van der Waals surface area contributed by atoms with Crippen molar-refractivity contribution in [1.29, 1.82) is 0 Å². The molecule has 2 aromatic carbocycles. The fourth-order valence-electron chi connectivity index (χ4n) is 2.57. The van der Waals surface area contributed by atoms with Crippen LogP contribution >= 0.6 is 0 Å². The van der Waals surface area contributed by atoms with E-state index >= 15 is 0 Å². The molecule has 9 heteroatoms. The van der Waals surface area contributed by atoms with E-state index in [2.05, 4.69) is 10.1 Å². The number of rotatable bonds is 6. The predicted molar refractivity (Wildman–Crippen MR) is 91.1 cm³/mol. The van der Waals surface area contributed by atoms with Crippen LogP contribution in [0, 0.1) is 0 Å². The van der Waals surface area contributed by atoms with Gasteiger partial charge in [0.2, 0.25) is 5.91 Å². The summed E-state index contributed by atoms with van der Waals surface area (Å²) in [6.45, 7) is 0.0155. The van der Waals surface area contributed by atoms with Crippen molar-refractivity contribution < 1.29 is 35.9 Å². The summed E-state index contributed by atoms with van der Waals surface area (Å²) in [6, 6.07) is 10.4. The molecular weight excluding hydrogens is 388 g/mol. The number of anilines is 1. The second-order valence-electron chi connectivity index (χ2n) is 5.97. The van der Waals surface area contributed by atoms with Gasteiger partial charge in [-0.15, -0.1) is 0 Å². The number of halogens is 6. The number of hydrogen-bond donors (Lipinski definition) is 1. The average molecular weight is 405 g/mol. The number of amides is 1. The molecule has 0 heterocycles. The van der Waals surface area contributed by atoms with Crippen molar-refractivity contribution in [2.45, 2.75) is 31.6 Å². The van der Waals surface area contributed by atoms with Crippen molar-refractivity contribution in [3.63, 3.8) is 0 Å². The predicted octanol–water partition coefficient (Wildman–Crippen LogP) is 5.78. The topological polar surface area (TPSA) is 38.3 Å². The highest BCUT2D eigenvalue weighted by Crippen LogP contribution is 2.36. The summed E-state index contributed by atoms with van der Waals surface area (Å²) in [7, 11) is 0. The molecule has 2 rings (SSSR count). The number of benzene rings is 2. The molecule has 1 atom stereocenters. The molecule has 0 spiro atoms. The SMILES string of the molecule is CC[C@@H](C(=O)Nc1cc(C(F)(F)F)ccc1OCC(F)(F)F)c1ccccc1. The van der Waals surface area contributed by atoms with Crippen molar-refractivity contribution in [3.8, 4) is 5.75 Å². The second-order valence-corrected chi connectivity index (χ2v) is 5.97. The Balaban J connectivity index is 2.33. The van der Waals surface area contributed by atoms with Crippen LogP contribution in [0.5, 0.6) is 5.75 Å². The van der Waals surface area contributed by atoms with Gasteiger partial charge in [0, 0.05) is 0 Å². The minimum atomic E-state index is -4.73. The Hall–Kier alpha value is -2.71. The zero-order valence-electron chi connectivity index (χ0n) is 14.7. The van der Waals surface area contributed by atoms with Gasteiger partial charge in [0.1, 0.15) is 5.75 Å². The monoisotopic (exact) mass is 405 g/mol. The lowest BCUT2D eigenvalue weighted by atomic mass is 9.95. The zero-order valence-corrected chi connectivity index (χ0v) is 14.7. The summed E-state index contributed by atoms with van der Waals surface area (Å²) < 4.78 is 80.7. The molecule has 0 aliphatic carbocycles.